The van der Waals surface area contributed by atoms with Crippen LogP contribution in [0, 0.1) is 18.2 Å². The second-order valence-corrected chi connectivity index (χ2v) is 10.5. The Labute approximate surface area is 217 Å². The Balaban J connectivity index is 1.61. The molecule has 0 radical (unpaired) electrons. The molecule has 6 nitrogen and oxygen atoms in total. The van der Waals surface area contributed by atoms with E-state index in [1.165, 1.54) is 25.2 Å². The fraction of sp³-hybridized carbons (Fsp3) is 0.345. The molecule has 37 heavy (non-hydrogen) atoms. The molecular weight excluding hydrogens is 486 g/mol. The van der Waals surface area contributed by atoms with Gasteiger partial charge in [-0.05, 0) is 54.7 Å². The number of hydrogen-bond acceptors (Lipinski definition) is 6. The number of piperidine rings is 1. The number of ether oxygens (including phenoxy) is 1. The van der Waals surface area contributed by atoms with Gasteiger partial charge in [0, 0.05) is 35.5 Å². The van der Waals surface area contributed by atoms with Crippen LogP contribution in [0.1, 0.15) is 49.1 Å². The summed E-state index contributed by atoms with van der Waals surface area (Å²) in [6.07, 6.45) is 12.3. The van der Waals surface area contributed by atoms with Gasteiger partial charge in [0.1, 0.15) is 11.6 Å². The summed E-state index contributed by atoms with van der Waals surface area (Å²) in [5.41, 5.74) is 3.61. The van der Waals surface area contributed by atoms with Gasteiger partial charge in [-0.1, -0.05) is 24.5 Å². The Morgan fingerprint density at radius 2 is 2.03 bits per heavy atom. The standard InChI is InChI=1S/C29H28FN4O2P/c1-3-20-23(30)10-9-17-12-18(16-6-4-7-16)13-21(24(17)20)25-27(37)26-22(14-31-25)28(33-29(32-26)36-2)34-11-5-8-19(35)15-34/h1,9-10,12-14,16,19,35H,4-8,11,15,37H2,2H3. The van der Waals surface area contributed by atoms with E-state index in [9.17, 15) is 9.50 Å². The number of methoxy groups -OCH3 is 1. The highest BCUT2D eigenvalue weighted by atomic mass is 31.0. The summed E-state index contributed by atoms with van der Waals surface area (Å²) in [6.45, 7) is 1.27. The van der Waals surface area contributed by atoms with Gasteiger partial charge in [-0.25, -0.2) is 4.39 Å². The number of aliphatic hydroxyl groups is 1. The maximum absolute atomic E-state index is 14.9. The summed E-state index contributed by atoms with van der Waals surface area (Å²) < 4.78 is 20.3. The van der Waals surface area contributed by atoms with Crippen molar-refractivity contribution in [1.29, 1.82) is 0 Å². The van der Waals surface area contributed by atoms with E-state index in [2.05, 4.69) is 42.2 Å². The van der Waals surface area contributed by atoms with Crippen LogP contribution in [0.5, 0.6) is 6.01 Å². The van der Waals surface area contributed by atoms with Gasteiger partial charge in [0.25, 0.3) is 0 Å². The first kappa shape index (κ1) is 24.0. The predicted octanol–water partition coefficient (Wildman–Crippen LogP) is 4.70. The van der Waals surface area contributed by atoms with E-state index < -0.39 is 11.9 Å². The molecule has 4 aromatic rings. The summed E-state index contributed by atoms with van der Waals surface area (Å²) in [5.74, 6) is 3.32. The zero-order valence-electron chi connectivity index (χ0n) is 20.7. The highest BCUT2D eigenvalue weighted by Gasteiger charge is 2.26. The summed E-state index contributed by atoms with van der Waals surface area (Å²) in [7, 11) is 4.31. The Hall–Kier alpha value is -3.33. The Kier molecular flexibility index (Phi) is 6.18. The SMILES string of the molecule is C#Cc1c(F)ccc2cc(C3CCC3)cc(-c3ncc4c(N5CCCC(O)C5)nc(OC)nc4c3P)c12. The first-order valence-electron chi connectivity index (χ1n) is 12.6. The molecule has 2 aromatic heterocycles. The number of halogens is 1. The third-order valence-corrected chi connectivity index (χ3v) is 8.23. The third-order valence-electron chi connectivity index (χ3n) is 7.68. The van der Waals surface area contributed by atoms with Gasteiger partial charge in [0.05, 0.1) is 35.4 Å². The van der Waals surface area contributed by atoms with Crippen LogP contribution >= 0.6 is 9.24 Å². The lowest BCUT2D eigenvalue weighted by atomic mass is 9.78. The topological polar surface area (TPSA) is 71.4 Å². The van der Waals surface area contributed by atoms with Crippen molar-refractivity contribution in [2.45, 2.75) is 44.1 Å². The highest BCUT2D eigenvalue weighted by molar-refractivity contribution is 7.28. The number of hydrogen-bond donors (Lipinski definition) is 1. The van der Waals surface area contributed by atoms with Gasteiger partial charge >= 0.3 is 6.01 Å². The Bertz CT molecular complexity index is 1580. The minimum Gasteiger partial charge on any atom is -0.467 e. The molecule has 8 heteroatoms. The number of terminal acetylenes is 1. The van der Waals surface area contributed by atoms with Crippen molar-refractivity contribution in [2.24, 2.45) is 0 Å². The molecule has 1 aliphatic carbocycles. The molecule has 0 amide bonds. The van der Waals surface area contributed by atoms with Crippen LogP contribution in [-0.2, 0) is 0 Å². The van der Waals surface area contributed by atoms with Crippen LogP contribution in [0.4, 0.5) is 10.2 Å². The Morgan fingerprint density at radius 1 is 1.19 bits per heavy atom. The van der Waals surface area contributed by atoms with Crippen molar-refractivity contribution in [2.75, 3.05) is 25.1 Å². The van der Waals surface area contributed by atoms with E-state index in [4.69, 9.17) is 16.1 Å². The van der Waals surface area contributed by atoms with Crippen molar-refractivity contribution in [3.05, 3.63) is 47.4 Å². The van der Waals surface area contributed by atoms with Gasteiger partial charge in [-0.2, -0.15) is 9.97 Å². The molecule has 1 aliphatic heterocycles. The van der Waals surface area contributed by atoms with E-state index >= 15 is 0 Å². The Morgan fingerprint density at radius 3 is 2.73 bits per heavy atom. The second-order valence-electron chi connectivity index (χ2n) is 9.92. The van der Waals surface area contributed by atoms with E-state index in [0.717, 1.165) is 53.9 Å². The second kappa shape index (κ2) is 9.52. The van der Waals surface area contributed by atoms with Crippen LogP contribution in [0.3, 0.4) is 0 Å². The minimum absolute atomic E-state index is 0.238. The van der Waals surface area contributed by atoms with Crippen LogP contribution in [0.15, 0.2) is 30.5 Å². The fourth-order valence-electron chi connectivity index (χ4n) is 5.54. The third kappa shape index (κ3) is 4.09. The summed E-state index contributed by atoms with van der Waals surface area (Å²) in [4.78, 5) is 16.2. The first-order valence-corrected chi connectivity index (χ1v) is 13.2. The van der Waals surface area contributed by atoms with Crippen molar-refractivity contribution >= 4 is 42.0 Å². The number of benzene rings is 2. The number of fused-ring (bicyclic) bond motifs is 2. The van der Waals surface area contributed by atoms with Crippen molar-refractivity contribution < 1.29 is 14.2 Å². The zero-order chi connectivity index (χ0) is 25.7. The number of β-amino-alcohol motifs (C(OH)–C–C–N with tert-alkyl or cyclic N) is 1. The fourth-order valence-corrected chi connectivity index (χ4v) is 5.99. The van der Waals surface area contributed by atoms with Crippen LogP contribution in [0.25, 0.3) is 32.9 Å². The molecule has 2 atom stereocenters. The molecule has 2 unspecified atom stereocenters. The summed E-state index contributed by atoms with van der Waals surface area (Å²) in [6, 6.07) is 7.74. The molecule has 6 rings (SSSR count). The highest BCUT2D eigenvalue weighted by Crippen LogP contribution is 2.42. The molecule has 1 saturated carbocycles. The minimum atomic E-state index is -0.423. The van der Waals surface area contributed by atoms with Gasteiger partial charge in [-0.15, -0.1) is 15.7 Å². The molecule has 2 aliphatic rings. The number of nitrogens with zero attached hydrogens (tertiary/aromatic N) is 4. The maximum atomic E-state index is 14.9. The van der Waals surface area contributed by atoms with Crippen molar-refractivity contribution in [3.63, 3.8) is 0 Å². The average Bonchev–Trinajstić information content (AvgIpc) is 2.87. The largest absolute Gasteiger partial charge is 0.467 e. The number of aliphatic hydroxyl groups excluding tert-OH is 1. The van der Waals surface area contributed by atoms with E-state index in [1.54, 1.807) is 12.3 Å². The molecule has 188 valence electrons. The van der Waals surface area contributed by atoms with Gasteiger partial charge in [0.15, 0.2) is 0 Å². The van der Waals surface area contributed by atoms with Gasteiger partial charge in [-0.3, -0.25) is 4.98 Å². The zero-order valence-corrected chi connectivity index (χ0v) is 21.8. The molecule has 3 heterocycles. The van der Waals surface area contributed by atoms with Crippen LogP contribution in [0.2, 0.25) is 0 Å². The smallest absolute Gasteiger partial charge is 0.318 e. The quantitative estimate of drug-likeness (QED) is 0.314. The van der Waals surface area contributed by atoms with E-state index in [0.29, 0.717) is 34.9 Å². The lowest BCUT2D eigenvalue weighted by Gasteiger charge is -2.31. The van der Waals surface area contributed by atoms with E-state index in [1.807, 2.05) is 0 Å². The normalized spacial score (nSPS) is 18.1. The molecular formula is C29H28FN4O2P. The lowest BCUT2D eigenvalue weighted by molar-refractivity contribution is 0.154. The maximum Gasteiger partial charge on any atom is 0.318 e. The predicted molar refractivity (Wildman–Crippen MR) is 148 cm³/mol. The monoisotopic (exact) mass is 514 g/mol. The van der Waals surface area contributed by atoms with Crippen LogP contribution in [-0.4, -0.2) is 46.4 Å². The van der Waals surface area contributed by atoms with Crippen molar-refractivity contribution in [3.8, 4) is 29.6 Å². The molecule has 1 saturated heterocycles. The average molecular weight is 515 g/mol. The summed E-state index contributed by atoms with van der Waals surface area (Å²) >= 11 is 0. The van der Waals surface area contributed by atoms with E-state index in [-0.39, 0.29) is 11.6 Å². The number of pyridine rings is 1. The van der Waals surface area contributed by atoms with Gasteiger partial charge < -0.3 is 14.7 Å². The molecule has 2 aromatic carbocycles. The summed E-state index contributed by atoms with van der Waals surface area (Å²) in [5, 5.41) is 13.4. The van der Waals surface area contributed by atoms with Crippen LogP contribution < -0.4 is 14.9 Å². The number of rotatable bonds is 4. The molecule has 1 N–H and O–H groups in total. The molecule has 0 bridgehead atoms. The molecule has 0 spiro atoms. The van der Waals surface area contributed by atoms with Crippen molar-refractivity contribution in [1.82, 2.24) is 15.0 Å². The number of aromatic nitrogens is 3. The first-order chi connectivity index (χ1) is 18.0. The van der Waals surface area contributed by atoms with Gasteiger partial charge in [0.2, 0.25) is 0 Å². The lowest BCUT2D eigenvalue weighted by Crippen LogP contribution is -2.39. The molecule has 2 fully saturated rings. The number of anilines is 1.